The van der Waals surface area contributed by atoms with Gasteiger partial charge in [-0.25, -0.2) is 0 Å². The van der Waals surface area contributed by atoms with Gasteiger partial charge in [-0.3, -0.25) is 4.79 Å². The molecule has 0 saturated heterocycles. The molecule has 2 aliphatic rings. The number of fused-ring (bicyclic) bond motifs is 1. The molecule has 2 rings (SSSR count). The van der Waals surface area contributed by atoms with Gasteiger partial charge in [0.05, 0.1) is 0 Å². The first-order chi connectivity index (χ1) is 3.88. The summed E-state index contributed by atoms with van der Waals surface area (Å²) in [6.07, 6.45) is 7.67. The van der Waals surface area contributed by atoms with Crippen LogP contribution in [0.2, 0.25) is 0 Å². The van der Waals surface area contributed by atoms with Crippen LogP contribution in [0.4, 0.5) is 0 Å². The summed E-state index contributed by atoms with van der Waals surface area (Å²) < 4.78 is 0. The van der Waals surface area contributed by atoms with Gasteiger partial charge in [0, 0.05) is 11.8 Å². The van der Waals surface area contributed by atoms with E-state index in [2.05, 4.69) is 6.08 Å². The highest BCUT2D eigenvalue weighted by Crippen LogP contribution is 2.32. The van der Waals surface area contributed by atoms with Gasteiger partial charge < -0.3 is 0 Å². The topological polar surface area (TPSA) is 17.1 Å². The van der Waals surface area contributed by atoms with Crippen LogP contribution in [0.5, 0.6) is 0 Å². The summed E-state index contributed by atoms with van der Waals surface area (Å²) in [7, 11) is 0. The Morgan fingerprint density at radius 1 is 1.25 bits per heavy atom. The lowest BCUT2D eigenvalue weighted by molar-refractivity contribution is -0.117. The fourth-order valence-electron chi connectivity index (χ4n) is 1.14. The van der Waals surface area contributed by atoms with E-state index < -0.39 is 0 Å². The molecular weight excluding hydrogens is 100 g/mol. The first-order valence-electron chi connectivity index (χ1n) is 2.78. The van der Waals surface area contributed by atoms with Crippen LogP contribution < -0.4 is 0 Å². The van der Waals surface area contributed by atoms with Crippen molar-refractivity contribution in [3.8, 4) is 0 Å². The van der Waals surface area contributed by atoms with Crippen molar-refractivity contribution in [3.63, 3.8) is 0 Å². The van der Waals surface area contributed by atoms with Crippen LogP contribution in [-0.2, 0) is 4.79 Å². The lowest BCUT2D eigenvalue weighted by atomic mass is 9.85. The van der Waals surface area contributed by atoms with Gasteiger partial charge in [0.15, 0.2) is 5.78 Å². The first kappa shape index (κ1) is 4.07. The maximum Gasteiger partial charge on any atom is 0.163 e. The lowest BCUT2D eigenvalue weighted by Gasteiger charge is -2.18. The van der Waals surface area contributed by atoms with Crippen molar-refractivity contribution in [2.24, 2.45) is 11.8 Å². The monoisotopic (exact) mass is 106 g/mol. The fraction of sp³-hybridized carbons (Fsp3) is 0.286. The number of carbonyl (C=O) groups is 1. The molecular formula is C7H6O. The SMILES string of the molecule is O=C1C=C[C@@H]2C=C[C@H]12. The number of allylic oxidation sites excluding steroid dienone is 4. The molecule has 0 bridgehead atoms. The molecule has 2 aliphatic carbocycles. The second-order valence-corrected chi connectivity index (χ2v) is 2.25. The van der Waals surface area contributed by atoms with E-state index in [-0.39, 0.29) is 11.7 Å². The lowest BCUT2D eigenvalue weighted by Crippen LogP contribution is -2.18. The van der Waals surface area contributed by atoms with E-state index in [1.807, 2.05) is 12.2 Å². The quantitative estimate of drug-likeness (QED) is 0.420. The number of hydrogen-bond acceptors (Lipinski definition) is 1. The van der Waals surface area contributed by atoms with Gasteiger partial charge in [0.1, 0.15) is 0 Å². The molecule has 2 atom stereocenters. The van der Waals surface area contributed by atoms with Gasteiger partial charge in [-0.1, -0.05) is 18.2 Å². The van der Waals surface area contributed by atoms with Gasteiger partial charge in [0.2, 0.25) is 0 Å². The van der Waals surface area contributed by atoms with Crippen molar-refractivity contribution in [3.05, 3.63) is 24.3 Å². The van der Waals surface area contributed by atoms with E-state index in [1.54, 1.807) is 6.08 Å². The zero-order valence-corrected chi connectivity index (χ0v) is 4.37. The van der Waals surface area contributed by atoms with Crippen LogP contribution in [0.3, 0.4) is 0 Å². The van der Waals surface area contributed by atoms with Crippen LogP contribution in [0, 0.1) is 11.8 Å². The Balaban J connectivity index is 2.38. The number of rotatable bonds is 0. The standard InChI is InChI=1S/C7H6O/c8-7-4-2-5-1-3-6(5)7/h1-6H/t5-,6-/m0/s1. The molecule has 0 heterocycles. The molecule has 0 aromatic rings. The van der Waals surface area contributed by atoms with E-state index >= 15 is 0 Å². The van der Waals surface area contributed by atoms with Crippen molar-refractivity contribution in [2.45, 2.75) is 0 Å². The Kier molecular flexibility index (Phi) is 0.562. The van der Waals surface area contributed by atoms with Gasteiger partial charge >= 0.3 is 0 Å². The molecule has 0 fully saturated rings. The molecule has 0 saturated carbocycles. The van der Waals surface area contributed by atoms with Gasteiger partial charge in [0.25, 0.3) is 0 Å². The minimum Gasteiger partial charge on any atom is -0.294 e. The highest BCUT2D eigenvalue weighted by molar-refractivity contribution is 5.97. The molecule has 1 heteroatoms. The molecule has 0 radical (unpaired) electrons. The maximum absolute atomic E-state index is 10.7. The molecule has 8 heavy (non-hydrogen) atoms. The predicted octanol–water partition coefficient (Wildman–Crippen LogP) is 0.927. The van der Waals surface area contributed by atoms with Gasteiger partial charge in [-0.05, 0) is 6.08 Å². The maximum atomic E-state index is 10.7. The summed E-state index contributed by atoms with van der Waals surface area (Å²) in [5.41, 5.74) is 0. The highest BCUT2D eigenvalue weighted by Gasteiger charge is 2.31. The third-order valence-electron chi connectivity index (χ3n) is 1.77. The summed E-state index contributed by atoms with van der Waals surface area (Å²) in [6, 6.07) is 0. The normalized spacial score (nSPS) is 39.8. The molecule has 40 valence electrons. The number of hydrogen-bond donors (Lipinski definition) is 0. The summed E-state index contributed by atoms with van der Waals surface area (Å²) in [5.74, 6) is 0.968. The molecule has 0 N–H and O–H groups in total. The molecule has 0 aromatic carbocycles. The van der Waals surface area contributed by atoms with Crippen LogP contribution in [-0.4, -0.2) is 5.78 Å². The second kappa shape index (κ2) is 1.10. The Morgan fingerprint density at radius 3 is 2.38 bits per heavy atom. The zero-order valence-electron chi connectivity index (χ0n) is 4.37. The van der Waals surface area contributed by atoms with Crippen molar-refractivity contribution in [1.29, 1.82) is 0 Å². The van der Waals surface area contributed by atoms with Crippen LogP contribution in [0.1, 0.15) is 0 Å². The van der Waals surface area contributed by atoms with Crippen LogP contribution in [0.25, 0.3) is 0 Å². The minimum atomic E-state index is 0.231. The van der Waals surface area contributed by atoms with E-state index in [1.165, 1.54) is 0 Å². The molecule has 1 nitrogen and oxygen atoms in total. The van der Waals surface area contributed by atoms with Crippen LogP contribution >= 0.6 is 0 Å². The van der Waals surface area contributed by atoms with Gasteiger partial charge in [-0.2, -0.15) is 0 Å². The highest BCUT2D eigenvalue weighted by atomic mass is 16.1. The van der Waals surface area contributed by atoms with E-state index in [0.717, 1.165) is 0 Å². The summed E-state index contributed by atoms with van der Waals surface area (Å²) in [6.45, 7) is 0. The Bertz CT molecular complexity index is 189. The summed E-state index contributed by atoms with van der Waals surface area (Å²) >= 11 is 0. The number of carbonyl (C=O) groups excluding carboxylic acids is 1. The van der Waals surface area contributed by atoms with Crippen molar-refractivity contribution in [1.82, 2.24) is 0 Å². The van der Waals surface area contributed by atoms with E-state index in [4.69, 9.17) is 0 Å². The average molecular weight is 106 g/mol. The molecule has 0 unspecified atom stereocenters. The van der Waals surface area contributed by atoms with Gasteiger partial charge in [-0.15, -0.1) is 0 Å². The third kappa shape index (κ3) is 0.302. The predicted molar refractivity (Wildman–Crippen MR) is 30.3 cm³/mol. The molecule has 0 spiro atoms. The van der Waals surface area contributed by atoms with Crippen molar-refractivity contribution in [2.75, 3.05) is 0 Å². The van der Waals surface area contributed by atoms with E-state index in [9.17, 15) is 4.79 Å². The molecule has 0 aromatic heterocycles. The Hall–Kier alpha value is -0.850. The Labute approximate surface area is 47.7 Å². The largest absolute Gasteiger partial charge is 0.294 e. The molecule has 0 aliphatic heterocycles. The van der Waals surface area contributed by atoms with Crippen LogP contribution in [0.15, 0.2) is 24.3 Å². The second-order valence-electron chi connectivity index (χ2n) is 2.25. The zero-order chi connectivity index (χ0) is 5.56. The fourth-order valence-corrected chi connectivity index (χ4v) is 1.14. The molecule has 0 amide bonds. The first-order valence-corrected chi connectivity index (χ1v) is 2.78. The van der Waals surface area contributed by atoms with E-state index in [0.29, 0.717) is 5.92 Å². The summed E-state index contributed by atoms with van der Waals surface area (Å²) in [4.78, 5) is 10.7. The average Bonchev–Trinajstić information content (AvgIpc) is 1.80. The Morgan fingerprint density at radius 2 is 2.12 bits per heavy atom. The smallest absolute Gasteiger partial charge is 0.163 e. The van der Waals surface area contributed by atoms with Crippen molar-refractivity contribution < 1.29 is 4.79 Å². The third-order valence-corrected chi connectivity index (χ3v) is 1.77. The minimum absolute atomic E-state index is 0.231. The summed E-state index contributed by atoms with van der Waals surface area (Å²) in [5, 5.41) is 0. The van der Waals surface area contributed by atoms with Crippen molar-refractivity contribution >= 4 is 5.78 Å². The number of ketones is 1.